The molecule has 0 aliphatic carbocycles. The molecule has 0 aliphatic rings. The van der Waals surface area contributed by atoms with Gasteiger partial charge < -0.3 is 24.3 Å². The fraction of sp³-hybridized carbons (Fsp3) is 0.316. The lowest BCUT2D eigenvalue weighted by atomic mass is 10.1. The van der Waals surface area contributed by atoms with Gasteiger partial charge in [-0.25, -0.2) is 0 Å². The molecule has 0 unspecified atom stereocenters. The number of methoxy groups -OCH3 is 4. The molecule has 0 fully saturated rings. The van der Waals surface area contributed by atoms with Crippen molar-refractivity contribution in [2.75, 3.05) is 35.0 Å². The highest BCUT2D eigenvalue weighted by Gasteiger charge is 2.20. The molecule has 6 heteroatoms. The molecule has 0 aliphatic heterocycles. The number of hydrogen-bond acceptors (Lipinski definition) is 5. The summed E-state index contributed by atoms with van der Waals surface area (Å²) in [7, 11) is 6.16. The molecular formula is C19H23NO5. The second-order valence-corrected chi connectivity index (χ2v) is 5.24. The van der Waals surface area contributed by atoms with Crippen molar-refractivity contribution >= 4 is 5.91 Å². The van der Waals surface area contributed by atoms with Gasteiger partial charge in [0, 0.05) is 6.54 Å². The molecule has 0 bridgehead atoms. The molecule has 0 saturated carbocycles. The number of carbonyl (C=O) groups is 1. The normalized spacial score (nSPS) is 10.1. The van der Waals surface area contributed by atoms with Crippen LogP contribution >= 0.6 is 0 Å². The molecule has 2 aromatic rings. The Balaban J connectivity index is 2.04. The molecule has 2 aromatic carbocycles. The number of hydrogen-bond donors (Lipinski definition) is 1. The van der Waals surface area contributed by atoms with E-state index >= 15 is 0 Å². The van der Waals surface area contributed by atoms with Gasteiger partial charge in [-0.05, 0) is 36.2 Å². The Bertz CT molecular complexity index is 712. The highest BCUT2D eigenvalue weighted by molar-refractivity contribution is 5.98. The molecule has 25 heavy (non-hydrogen) atoms. The van der Waals surface area contributed by atoms with E-state index in [4.69, 9.17) is 18.9 Å². The SMILES string of the molecule is COc1ccc(CCNC(=O)c2ccc(OC)c(OC)c2OC)cc1. The third-order valence-electron chi connectivity index (χ3n) is 3.81. The van der Waals surface area contributed by atoms with Crippen LogP contribution in [0.15, 0.2) is 36.4 Å². The van der Waals surface area contributed by atoms with Crippen LogP contribution < -0.4 is 24.3 Å². The molecule has 0 radical (unpaired) electrons. The Kier molecular flexibility index (Phi) is 6.51. The van der Waals surface area contributed by atoms with Crippen molar-refractivity contribution in [3.05, 3.63) is 47.5 Å². The van der Waals surface area contributed by atoms with Crippen LogP contribution in [0.4, 0.5) is 0 Å². The number of amides is 1. The molecule has 0 saturated heterocycles. The summed E-state index contributed by atoms with van der Waals surface area (Å²) in [4.78, 5) is 12.5. The van der Waals surface area contributed by atoms with Gasteiger partial charge in [0.1, 0.15) is 5.75 Å². The summed E-state index contributed by atoms with van der Waals surface area (Å²) in [6, 6.07) is 11.1. The van der Waals surface area contributed by atoms with Gasteiger partial charge in [-0.2, -0.15) is 0 Å². The zero-order valence-electron chi connectivity index (χ0n) is 14.9. The maximum Gasteiger partial charge on any atom is 0.255 e. The summed E-state index contributed by atoms with van der Waals surface area (Å²) >= 11 is 0. The van der Waals surface area contributed by atoms with Crippen LogP contribution in [0.2, 0.25) is 0 Å². The minimum Gasteiger partial charge on any atom is -0.497 e. The Labute approximate surface area is 147 Å². The minimum atomic E-state index is -0.230. The Hall–Kier alpha value is -2.89. The Morgan fingerprint density at radius 3 is 2.08 bits per heavy atom. The predicted octanol–water partition coefficient (Wildman–Crippen LogP) is 2.69. The van der Waals surface area contributed by atoms with E-state index in [0.29, 0.717) is 35.8 Å². The molecule has 1 amide bonds. The smallest absolute Gasteiger partial charge is 0.255 e. The van der Waals surface area contributed by atoms with Crippen molar-refractivity contribution in [3.8, 4) is 23.0 Å². The highest BCUT2D eigenvalue weighted by Crippen LogP contribution is 2.39. The van der Waals surface area contributed by atoms with Crippen LogP contribution in [-0.2, 0) is 6.42 Å². The molecule has 134 valence electrons. The molecule has 0 atom stereocenters. The summed E-state index contributed by atoms with van der Waals surface area (Å²) in [5.74, 6) is 1.83. The van der Waals surface area contributed by atoms with Crippen molar-refractivity contribution in [2.45, 2.75) is 6.42 Å². The van der Waals surface area contributed by atoms with Crippen LogP contribution in [0.3, 0.4) is 0 Å². The van der Waals surface area contributed by atoms with E-state index in [1.54, 1.807) is 19.2 Å². The molecule has 1 N–H and O–H groups in total. The van der Waals surface area contributed by atoms with Gasteiger partial charge in [-0.3, -0.25) is 4.79 Å². The number of ether oxygens (including phenoxy) is 4. The third-order valence-corrected chi connectivity index (χ3v) is 3.81. The van der Waals surface area contributed by atoms with Crippen molar-refractivity contribution in [1.29, 1.82) is 0 Å². The van der Waals surface area contributed by atoms with Crippen LogP contribution in [0.25, 0.3) is 0 Å². The minimum absolute atomic E-state index is 0.230. The summed E-state index contributed by atoms with van der Waals surface area (Å²) in [6.07, 6.45) is 0.714. The van der Waals surface area contributed by atoms with Gasteiger partial charge in [-0.15, -0.1) is 0 Å². The molecule has 0 aromatic heterocycles. The van der Waals surface area contributed by atoms with E-state index < -0.39 is 0 Å². The quantitative estimate of drug-likeness (QED) is 0.797. The van der Waals surface area contributed by atoms with Crippen LogP contribution in [0.5, 0.6) is 23.0 Å². The maximum atomic E-state index is 12.5. The Morgan fingerprint density at radius 2 is 1.52 bits per heavy atom. The number of carbonyl (C=O) groups excluding carboxylic acids is 1. The van der Waals surface area contributed by atoms with E-state index in [9.17, 15) is 4.79 Å². The lowest BCUT2D eigenvalue weighted by Gasteiger charge is -2.15. The monoisotopic (exact) mass is 345 g/mol. The molecule has 0 heterocycles. The molecule has 0 spiro atoms. The lowest BCUT2D eigenvalue weighted by molar-refractivity contribution is 0.0950. The predicted molar refractivity (Wildman–Crippen MR) is 95.1 cm³/mol. The average molecular weight is 345 g/mol. The van der Waals surface area contributed by atoms with Crippen LogP contribution in [0, 0.1) is 0 Å². The van der Waals surface area contributed by atoms with Gasteiger partial charge in [0.05, 0.1) is 34.0 Å². The fourth-order valence-electron chi connectivity index (χ4n) is 2.49. The van der Waals surface area contributed by atoms with Gasteiger partial charge in [0.15, 0.2) is 11.5 Å². The fourth-order valence-corrected chi connectivity index (χ4v) is 2.49. The van der Waals surface area contributed by atoms with E-state index in [1.165, 1.54) is 21.3 Å². The van der Waals surface area contributed by atoms with Gasteiger partial charge in [-0.1, -0.05) is 12.1 Å². The van der Waals surface area contributed by atoms with E-state index in [0.717, 1.165) is 11.3 Å². The van der Waals surface area contributed by atoms with Gasteiger partial charge in [0.25, 0.3) is 5.91 Å². The van der Waals surface area contributed by atoms with Crippen LogP contribution in [0.1, 0.15) is 15.9 Å². The van der Waals surface area contributed by atoms with Crippen LogP contribution in [-0.4, -0.2) is 40.9 Å². The second-order valence-electron chi connectivity index (χ2n) is 5.24. The van der Waals surface area contributed by atoms with E-state index in [-0.39, 0.29) is 5.91 Å². The number of nitrogens with one attached hydrogen (secondary N) is 1. The average Bonchev–Trinajstić information content (AvgIpc) is 2.66. The zero-order valence-corrected chi connectivity index (χ0v) is 14.9. The summed E-state index contributed by atoms with van der Waals surface area (Å²) in [5, 5.41) is 2.89. The highest BCUT2D eigenvalue weighted by atomic mass is 16.5. The summed E-state index contributed by atoms with van der Waals surface area (Å²) in [6.45, 7) is 0.503. The first kappa shape index (κ1) is 18.4. The van der Waals surface area contributed by atoms with E-state index in [2.05, 4.69) is 5.32 Å². The number of benzene rings is 2. The largest absolute Gasteiger partial charge is 0.497 e. The molecular weight excluding hydrogens is 322 g/mol. The standard InChI is InChI=1S/C19H23NO5/c1-22-14-7-5-13(6-8-14)11-12-20-19(21)15-9-10-16(23-2)18(25-4)17(15)24-3/h5-10H,11-12H2,1-4H3,(H,20,21). The summed E-state index contributed by atoms with van der Waals surface area (Å²) < 4.78 is 21.0. The first-order valence-corrected chi connectivity index (χ1v) is 7.84. The van der Waals surface area contributed by atoms with Crippen molar-refractivity contribution in [3.63, 3.8) is 0 Å². The first-order chi connectivity index (χ1) is 12.1. The van der Waals surface area contributed by atoms with Crippen molar-refractivity contribution in [2.24, 2.45) is 0 Å². The topological polar surface area (TPSA) is 66.0 Å². The van der Waals surface area contributed by atoms with Crippen molar-refractivity contribution in [1.82, 2.24) is 5.32 Å². The van der Waals surface area contributed by atoms with Gasteiger partial charge >= 0.3 is 0 Å². The lowest BCUT2D eigenvalue weighted by Crippen LogP contribution is -2.26. The van der Waals surface area contributed by atoms with Crippen molar-refractivity contribution < 1.29 is 23.7 Å². The first-order valence-electron chi connectivity index (χ1n) is 7.84. The maximum absolute atomic E-state index is 12.5. The van der Waals surface area contributed by atoms with Gasteiger partial charge in [0.2, 0.25) is 5.75 Å². The Morgan fingerprint density at radius 1 is 0.840 bits per heavy atom. The summed E-state index contributed by atoms with van der Waals surface area (Å²) in [5.41, 5.74) is 1.51. The molecule has 2 rings (SSSR count). The molecule has 6 nitrogen and oxygen atoms in total. The van der Waals surface area contributed by atoms with E-state index in [1.807, 2.05) is 24.3 Å². The zero-order chi connectivity index (χ0) is 18.2. The second kappa shape index (κ2) is 8.82. The third kappa shape index (κ3) is 4.35. The number of rotatable bonds is 8.